The first kappa shape index (κ1) is 19.0. The molecule has 1 amide bonds. The Labute approximate surface area is 153 Å². The van der Waals surface area contributed by atoms with Gasteiger partial charge in [-0.1, -0.05) is 25.4 Å². The van der Waals surface area contributed by atoms with Gasteiger partial charge in [0, 0.05) is 17.3 Å². The molecule has 2 aromatic rings. The Kier molecular flexibility index (Phi) is 6.58. The summed E-state index contributed by atoms with van der Waals surface area (Å²) < 4.78 is 5.30. The van der Waals surface area contributed by atoms with Crippen LogP contribution in [0.1, 0.15) is 36.5 Å². The number of halogens is 1. The van der Waals surface area contributed by atoms with E-state index in [-0.39, 0.29) is 5.91 Å². The van der Waals surface area contributed by atoms with Crippen molar-refractivity contribution >= 4 is 29.1 Å². The molecule has 0 aliphatic rings. The van der Waals surface area contributed by atoms with E-state index >= 15 is 0 Å². The lowest BCUT2D eigenvalue weighted by molar-refractivity contribution is 0.0947. The summed E-state index contributed by atoms with van der Waals surface area (Å²) in [6, 6.07) is 6.86. The molecule has 6 nitrogen and oxygen atoms in total. The molecule has 0 atom stereocenters. The number of rotatable bonds is 7. The summed E-state index contributed by atoms with van der Waals surface area (Å²) in [5.74, 6) is 1.24. The maximum absolute atomic E-state index is 12.3. The number of amides is 1. The van der Waals surface area contributed by atoms with E-state index in [1.807, 2.05) is 6.92 Å². The minimum Gasteiger partial charge on any atom is -0.495 e. The van der Waals surface area contributed by atoms with Crippen molar-refractivity contribution in [1.82, 2.24) is 15.3 Å². The molecule has 0 saturated heterocycles. The molecule has 2 N–H and O–H groups in total. The van der Waals surface area contributed by atoms with Crippen molar-refractivity contribution in [3.63, 3.8) is 0 Å². The zero-order chi connectivity index (χ0) is 18.4. The highest BCUT2D eigenvalue weighted by Crippen LogP contribution is 2.29. The number of anilines is 2. The SMILES string of the molecule is COc1ccc(Cl)cc1Nc1nc(C)cc(C(=O)NCCC(C)C)n1. The Morgan fingerprint density at radius 1 is 1.28 bits per heavy atom. The van der Waals surface area contributed by atoms with Crippen LogP contribution in [-0.4, -0.2) is 29.5 Å². The summed E-state index contributed by atoms with van der Waals surface area (Å²) in [5, 5.41) is 6.50. The molecule has 0 aliphatic carbocycles. The zero-order valence-corrected chi connectivity index (χ0v) is 15.6. The Morgan fingerprint density at radius 3 is 2.72 bits per heavy atom. The van der Waals surface area contributed by atoms with Crippen molar-refractivity contribution in [3.05, 3.63) is 40.7 Å². The molecule has 0 spiro atoms. The monoisotopic (exact) mass is 362 g/mol. The Morgan fingerprint density at radius 2 is 2.04 bits per heavy atom. The standard InChI is InChI=1S/C18H23ClN4O2/c1-11(2)7-8-20-17(24)15-9-12(3)21-18(23-15)22-14-10-13(19)5-6-16(14)25-4/h5-6,9-11H,7-8H2,1-4H3,(H,20,24)(H,21,22,23). The van der Waals surface area contributed by atoms with Crippen molar-refractivity contribution in [2.75, 3.05) is 19.0 Å². The van der Waals surface area contributed by atoms with E-state index in [2.05, 4.69) is 34.4 Å². The fraction of sp³-hybridized carbons (Fsp3) is 0.389. The van der Waals surface area contributed by atoms with Crippen molar-refractivity contribution in [2.45, 2.75) is 27.2 Å². The minimum absolute atomic E-state index is 0.216. The van der Waals surface area contributed by atoms with Gasteiger partial charge in [-0.15, -0.1) is 0 Å². The molecule has 0 unspecified atom stereocenters. The maximum Gasteiger partial charge on any atom is 0.270 e. The first-order chi connectivity index (χ1) is 11.9. The van der Waals surface area contributed by atoms with Crippen LogP contribution in [0.5, 0.6) is 5.75 Å². The lowest BCUT2D eigenvalue weighted by Crippen LogP contribution is -2.26. The van der Waals surface area contributed by atoms with Crippen LogP contribution in [0.3, 0.4) is 0 Å². The van der Waals surface area contributed by atoms with Crippen LogP contribution in [0, 0.1) is 12.8 Å². The molecule has 7 heteroatoms. The quantitative estimate of drug-likeness (QED) is 0.779. The largest absolute Gasteiger partial charge is 0.495 e. The third-order valence-corrected chi connectivity index (χ3v) is 3.74. The fourth-order valence-electron chi connectivity index (χ4n) is 2.20. The van der Waals surface area contributed by atoms with Gasteiger partial charge in [0.05, 0.1) is 12.8 Å². The molecule has 0 radical (unpaired) electrons. The van der Waals surface area contributed by atoms with Crippen LogP contribution in [0.25, 0.3) is 0 Å². The second-order valence-corrected chi connectivity index (χ2v) is 6.56. The number of nitrogens with one attached hydrogen (secondary N) is 2. The average molecular weight is 363 g/mol. The summed E-state index contributed by atoms with van der Waals surface area (Å²) >= 11 is 6.04. The lowest BCUT2D eigenvalue weighted by atomic mass is 10.1. The van der Waals surface area contributed by atoms with E-state index < -0.39 is 0 Å². The van der Waals surface area contributed by atoms with Crippen LogP contribution in [0.15, 0.2) is 24.3 Å². The number of hydrogen-bond acceptors (Lipinski definition) is 5. The van der Waals surface area contributed by atoms with Gasteiger partial charge in [-0.25, -0.2) is 9.97 Å². The first-order valence-corrected chi connectivity index (χ1v) is 8.51. The number of carbonyl (C=O) groups excluding carboxylic acids is 1. The molecule has 134 valence electrons. The Hall–Kier alpha value is -2.34. The van der Waals surface area contributed by atoms with Gasteiger partial charge in [-0.2, -0.15) is 0 Å². The smallest absolute Gasteiger partial charge is 0.270 e. The second kappa shape index (κ2) is 8.67. The fourth-order valence-corrected chi connectivity index (χ4v) is 2.38. The third kappa shape index (κ3) is 5.60. The van der Waals surface area contributed by atoms with Crippen molar-refractivity contribution in [2.24, 2.45) is 5.92 Å². The molecule has 2 rings (SSSR count). The average Bonchev–Trinajstić information content (AvgIpc) is 2.54. The van der Waals surface area contributed by atoms with Crippen molar-refractivity contribution in [3.8, 4) is 5.75 Å². The van der Waals surface area contributed by atoms with Gasteiger partial charge >= 0.3 is 0 Å². The summed E-state index contributed by atoms with van der Waals surface area (Å²) in [7, 11) is 1.57. The third-order valence-electron chi connectivity index (χ3n) is 3.50. The highest BCUT2D eigenvalue weighted by atomic mass is 35.5. The molecule has 1 aromatic carbocycles. The van der Waals surface area contributed by atoms with E-state index in [9.17, 15) is 4.79 Å². The number of aromatic nitrogens is 2. The summed E-state index contributed by atoms with van der Waals surface area (Å²) in [5.41, 5.74) is 1.64. The molecular weight excluding hydrogens is 340 g/mol. The van der Waals surface area contributed by atoms with Crippen molar-refractivity contribution in [1.29, 1.82) is 0 Å². The van der Waals surface area contributed by atoms with Crippen LogP contribution in [-0.2, 0) is 0 Å². The number of nitrogens with zero attached hydrogens (tertiary/aromatic N) is 2. The van der Waals surface area contributed by atoms with Gasteiger partial charge < -0.3 is 15.4 Å². The summed E-state index contributed by atoms with van der Waals surface area (Å²) in [4.78, 5) is 20.9. The highest BCUT2D eigenvalue weighted by molar-refractivity contribution is 6.31. The lowest BCUT2D eigenvalue weighted by Gasteiger charge is -2.12. The topological polar surface area (TPSA) is 76.1 Å². The van der Waals surface area contributed by atoms with Gasteiger partial charge in [-0.3, -0.25) is 4.79 Å². The van der Waals surface area contributed by atoms with Crippen LogP contribution in [0.2, 0.25) is 5.02 Å². The molecule has 0 aliphatic heterocycles. The Balaban J connectivity index is 2.19. The molecule has 0 saturated carbocycles. The zero-order valence-electron chi connectivity index (χ0n) is 14.9. The van der Waals surface area contributed by atoms with Gasteiger partial charge in [0.2, 0.25) is 5.95 Å². The van der Waals surface area contributed by atoms with Gasteiger partial charge in [0.1, 0.15) is 11.4 Å². The molecular formula is C18H23ClN4O2. The van der Waals surface area contributed by atoms with Gasteiger partial charge in [-0.05, 0) is 43.5 Å². The minimum atomic E-state index is -0.216. The van der Waals surface area contributed by atoms with Crippen molar-refractivity contribution < 1.29 is 9.53 Å². The number of carbonyl (C=O) groups is 1. The van der Waals surface area contributed by atoms with E-state index in [0.29, 0.717) is 46.3 Å². The second-order valence-electron chi connectivity index (χ2n) is 6.13. The number of methoxy groups -OCH3 is 1. The molecule has 0 fully saturated rings. The maximum atomic E-state index is 12.3. The van der Waals surface area contributed by atoms with E-state index in [0.717, 1.165) is 6.42 Å². The molecule has 1 heterocycles. The summed E-state index contributed by atoms with van der Waals surface area (Å²) in [6.07, 6.45) is 0.917. The van der Waals surface area contributed by atoms with Gasteiger partial charge in [0.15, 0.2) is 0 Å². The number of aryl methyl sites for hydroxylation is 1. The van der Waals surface area contributed by atoms with Crippen LogP contribution >= 0.6 is 11.6 Å². The molecule has 25 heavy (non-hydrogen) atoms. The highest BCUT2D eigenvalue weighted by Gasteiger charge is 2.12. The van der Waals surface area contributed by atoms with E-state index in [4.69, 9.17) is 16.3 Å². The normalized spacial score (nSPS) is 10.6. The predicted octanol–water partition coefficient (Wildman–Crippen LogP) is 3.97. The molecule has 0 bridgehead atoms. The van der Waals surface area contributed by atoms with Crippen LogP contribution in [0.4, 0.5) is 11.6 Å². The number of benzene rings is 1. The predicted molar refractivity (Wildman–Crippen MR) is 99.8 cm³/mol. The number of hydrogen-bond donors (Lipinski definition) is 2. The summed E-state index contributed by atoms with van der Waals surface area (Å²) in [6.45, 7) is 6.65. The first-order valence-electron chi connectivity index (χ1n) is 8.13. The van der Waals surface area contributed by atoms with Crippen LogP contribution < -0.4 is 15.4 Å². The Bertz CT molecular complexity index is 750. The van der Waals surface area contributed by atoms with Gasteiger partial charge in [0.25, 0.3) is 5.91 Å². The number of ether oxygens (including phenoxy) is 1. The van der Waals surface area contributed by atoms with E-state index in [1.165, 1.54) is 0 Å². The molecule has 1 aromatic heterocycles. The van der Waals surface area contributed by atoms with E-state index in [1.54, 1.807) is 31.4 Å².